The topological polar surface area (TPSA) is 68.6 Å². The third-order valence-electron chi connectivity index (χ3n) is 5.87. The number of alkyl carbamates (subject to hydrolysis) is 1. The van der Waals surface area contributed by atoms with Crippen LogP contribution in [-0.4, -0.2) is 48.0 Å². The third-order valence-corrected chi connectivity index (χ3v) is 5.87. The maximum absolute atomic E-state index is 12.1. The fraction of sp³-hybridized carbons (Fsp3) is 0.462. The number of nitrogens with zero attached hydrogens (tertiary/aromatic N) is 3. The van der Waals surface area contributed by atoms with Gasteiger partial charge in [-0.3, -0.25) is 0 Å². The molecule has 1 aromatic heterocycles. The Morgan fingerprint density at radius 2 is 1.91 bits per heavy atom. The molecule has 0 saturated carbocycles. The van der Waals surface area contributed by atoms with Crippen LogP contribution < -0.4 is 15.0 Å². The lowest BCUT2D eigenvalue weighted by molar-refractivity contribution is 0.0517. The quantitative estimate of drug-likeness (QED) is 0.582. The molecule has 1 aliphatic heterocycles. The molecule has 33 heavy (non-hydrogen) atoms. The van der Waals surface area contributed by atoms with Gasteiger partial charge in [-0.25, -0.2) is 9.78 Å². The number of ether oxygens (including phenoxy) is 2. The molecule has 1 atom stereocenters. The summed E-state index contributed by atoms with van der Waals surface area (Å²) in [7, 11) is 1.68. The lowest BCUT2D eigenvalue weighted by atomic mass is 9.98. The summed E-state index contributed by atoms with van der Waals surface area (Å²) in [5, 5.41) is 2.95. The number of imidazole rings is 1. The zero-order chi connectivity index (χ0) is 23.4. The molecule has 1 amide bonds. The average molecular weight is 451 g/mol. The molecule has 4 rings (SSSR count). The molecule has 0 spiro atoms. The molecule has 1 aliphatic rings. The molecule has 1 fully saturated rings. The molecule has 1 N–H and O–H groups in total. The van der Waals surface area contributed by atoms with Gasteiger partial charge in [0.25, 0.3) is 0 Å². The fourth-order valence-electron chi connectivity index (χ4n) is 4.33. The highest BCUT2D eigenvalue weighted by molar-refractivity contribution is 5.79. The van der Waals surface area contributed by atoms with Crippen LogP contribution in [0.15, 0.2) is 48.5 Å². The van der Waals surface area contributed by atoms with Crippen LogP contribution in [0.3, 0.4) is 0 Å². The van der Waals surface area contributed by atoms with Crippen LogP contribution in [0.25, 0.3) is 11.0 Å². The first-order valence-corrected chi connectivity index (χ1v) is 11.6. The second-order valence-corrected chi connectivity index (χ2v) is 9.67. The molecular weight excluding hydrogens is 416 g/mol. The van der Waals surface area contributed by atoms with E-state index in [0.717, 1.165) is 55.2 Å². The van der Waals surface area contributed by atoms with Crippen LogP contribution in [0.4, 0.5) is 10.7 Å². The Morgan fingerprint density at radius 3 is 2.64 bits per heavy atom. The van der Waals surface area contributed by atoms with E-state index in [1.165, 1.54) is 5.56 Å². The second-order valence-electron chi connectivity index (χ2n) is 9.67. The number of piperidine rings is 1. The van der Waals surface area contributed by atoms with Gasteiger partial charge >= 0.3 is 6.09 Å². The molecular formula is C26H34N4O3. The van der Waals surface area contributed by atoms with Crippen molar-refractivity contribution in [3.05, 3.63) is 54.1 Å². The number of hydrogen-bond acceptors (Lipinski definition) is 5. The molecule has 0 unspecified atom stereocenters. The van der Waals surface area contributed by atoms with Crippen molar-refractivity contribution in [3.8, 4) is 5.75 Å². The summed E-state index contributed by atoms with van der Waals surface area (Å²) < 4.78 is 13.0. The Bertz CT molecular complexity index is 1090. The number of para-hydroxylation sites is 2. The number of methoxy groups -OCH3 is 1. The van der Waals surface area contributed by atoms with Crippen molar-refractivity contribution >= 4 is 23.1 Å². The van der Waals surface area contributed by atoms with Crippen LogP contribution >= 0.6 is 0 Å². The van der Waals surface area contributed by atoms with Crippen molar-refractivity contribution in [2.45, 2.75) is 45.8 Å². The summed E-state index contributed by atoms with van der Waals surface area (Å²) >= 11 is 0. The van der Waals surface area contributed by atoms with Crippen molar-refractivity contribution < 1.29 is 14.3 Å². The number of carbonyl (C=O) groups is 1. The predicted molar refractivity (Wildman–Crippen MR) is 131 cm³/mol. The van der Waals surface area contributed by atoms with Gasteiger partial charge in [0.1, 0.15) is 11.4 Å². The smallest absolute Gasteiger partial charge is 0.407 e. The predicted octanol–water partition coefficient (Wildman–Crippen LogP) is 4.83. The van der Waals surface area contributed by atoms with Gasteiger partial charge in [0.15, 0.2) is 0 Å². The Morgan fingerprint density at radius 1 is 1.15 bits per heavy atom. The Kier molecular flexibility index (Phi) is 6.77. The lowest BCUT2D eigenvalue weighted by Crippen LogP contribution is -2.43. The largest absolute Gasteiger partial charge is 0.497 e. The fourth-order valence-corrected chi connectivity index (χ4v) is 4.33. The number of anilines is 1. The number of nitrogens with one attached hydrogen (secondary N) is 1. The average Bonchev–Trinajstić information content (AvgIpc) is 3.16. The maximum atomic E-state index is 12.1. The zero-order valence-corrected chi connectivity index (χ0v) is 20.0. The van der Waals surface area contributed by atoms with E-state index in [2.05, 4.69) is 45.1 Å². The van der Waals surface area contributed by atoms with Crippen LogP contribution in [0, 0.1) is 5.92 Å². The highest BCUT2D eigenvalue weighted by atomic mass is 16.6. The summed E-state index contributed by atoms with van der Waals surface area (Å²) in [6.45, 7) is 8.77. The summed E-state index contributed by atoms with van der Waals surface area (Å²) in [6, 6.07) is 16.5. The number of amides is 1. The minimum absolute atomic E-state index is 0.348. The van der Waals surface area contributed by atoms with Gasteiger partial charge in [-0.1, -0.05) is 24.3 Å². The zero-order valence-electron chi connectivity index (χ0n) is 20.0. The Hall–Kier alpha value is -3.22. The molecule has 0 radical (unpaired) electrons. The van der Waals surface area contributed by atoms with E-state index >= 15 is 0 Å². The lowest BCUT2D eigenvalue weighted by Gasteiger charge is -2.34. The molecule has 2 aromatic carbocycles. The number of hydrogen-bond donors (Lipinski definition) is 1. The Labute approximate surface area is 195 Å². The summed E-state index contributed by atoms with van der Waals surface area (Å²) in [5.74, 6) is 2.18. The van der Waals surface area contributed by atoms with Crippen LogP contribution in [0.1, 0.15) is 39.2 Å². The van der Waals surface area contributed by atoms with Gasteiger partial charge in [-0.2, -0.15) is 0 Å². The first-order chi connectivity index (χ1) is 15.8. The third kappa shape index (κ3) is 5.78. The number of carbonyl (C=O) groups excluding carboxylic acids is 1. The van der Waals surface area contributed by atoms with Gasteiger partial charge in [0, 0.05) is 19.6 Å². The first kappa shape index (κ1) is 23.0. The number of rotatable bonds is 6. The summed E-state index contributed by atoms with van der Waals surface area (Å²) in [6.07, 6.45) is 1.78. The standard InChI is InChI=1S/C26H34N4O3/c1-26(2,3)33-25(31)27-16-20-8-7-15-29(17-20)24-28-22-9-5-6-10-23(22)30(24)18-19-11-13-21(32-4)14-12-19/h5-6,9-14,20H,7-8,15-18H2,1-4H3,(H,27,31)/t20-/m1/s1. The molecule has 7 nitrogen and oxygen atoms in total. The number of benzene rings is 2. The van der Waals surface area contributed by atoms with Gasteiger partial charge in [0.2, 0.25) is 5.95 Å². The van der Waals surface area contributed by atoms with Gasteiger partial charge in [0.05, 0.1) is 24.7 Å². The van der Waals surface area contributed by atoms with Crippen molar-refractivity contribution in [1.82, 2.24) is 14.9 Å². The van der Waals surface area contributed by atoms with E-state index < -0.39 is 5.60 Å². The van der Waals surface area contributed by atoms with Crippen molar-refractivity contribution in [3.63, 3.8) is 0 Å². The SMILES string of the molecule is COc1ccc(Cn2c(N3CCC[C@H](CNC(=O)OC(C)(C)C)C3)nc3ccccc32)cc1. The molecule has 1 saturated heterocycles. The van der Waals surface area contributed by atoms with Gasteiger partial charge in [-0.05, 0) is 69.4 Å². The van der Waals surface area contributed by atoms with Crippen molar-refractivity contribution in [2.75, 3.05) is 31.6 Å². The van der Waals surface area contributed by atoms with Gasteiger partial charge in [-0.15, -0.1) is 0 Å². The van der Waals surface area contributed by atoms with E-state index in [9.17, 15) is 4.79 Å². The molecule has 0 aliphatic carbocycles. The van der Waals surface area contributed by atoms with Crippen molar-refractivity contribution in [1.29, 1.82) is 0 Å². The monoisotopic (exact) mass is 450 g/mol. The highest BCUT2D eigenvalue weighted by Gasteiger charge is 2.25. The van der Waals surface area contributed by atoms with Gasteiger partial charge < -0.3 is 24.3 Å². The van der Waals surface area contributed by atoms with E-state index in [-0.39, 0.29) is 6.09 Å². The second kappa shape index (κ2) is 9.73. The van der Waals surface area contributed by atoms with E-state index in [4.69, 9.17) is 14.5 Å². The highest BCUT2D eigenvalue weighted by Crippen LogP contribution is 2.28. The van der Waals surface area contributed by atoms with E-state index in [1.54, 1.807) is 7.11 Å². The minimum atomic E-state index is -0.491. The maximum Gasteiger partial charge on any atom is 0.407 e. The van der Waals surface area contributed by atoms with E-state index in [1.807, 2.05) is 39.0 Å². The summed E-state index contributed by atoms with van der Waals surface area (Å²) in [4.78, 5) is 19.5. The van der Waals surface area contributed by atoms with Crippen LogP contribution in [0.2, 0.25) is 0 Å². The number of fused-ring (bicyclic) bond motifs is 1. The molecule has 176 valence electrons. The van der Waals surface area contributed by atoms with E-state index in [0.29, 0.717) is 12.5 Å². The molecule has 0 bridgehead atoms. The number of aromatic nitrogens is 2. The summed E-state index contributed by atoms with van der Waals surface area (Å²) in [5.41, 5.74) is 2.82. The van der Waals surface area contributed by atoms with Crippen LogP contribution in [-0.2, 0) is 11.3 Å². The minimum Gasteiger partial charge on any atom is -0.497 e. The molecule has 3 aromatic rings. The Balaban J connectivity index is 1.52. The van der Waals surface area contributed by atoms with Crippen LogP contribution in [0.5, 0.6) is 5.75 Å². The normalized spacial score (nSPS) is 16.6. The van der Waals surface area contributed by atoms with Crippen molar-refractivity contribution in [2.24, 2.45) is 5.92 Å². The molecule has 7 heteroatoms. The molecule has 2 heterocycles. The first-order valence-electron chi connectivity index (χ1n) is 11.6.